The van der Waals surface area contributed by atoms with E-state index in [1.807, 2.05) is 31.2 Å². The van der Waals surface area contributed by atoms with Gasteiger partial charge in [0.15, 0.2) is 4.34 Å². The van der Waals surface area contributed by atoms with Crippen molar-refractivity contribution < 1.29 is 4.39 Å². The second-order valence-corrected chi connectivity index (χ2v) is 7.86. The van der Waals surface area contributed by atoms with E-state index in [0.717, 1.165) is 5.56 Å². The van der Waals surface area contributed by atoms with Gasteiger partial charge in [0, 0.05) is 5.69 Å². The summed E-state index contributed by atoms with van der Waals surface area (Å²) >= 11 is 2.74. The molecule has 2 aromatic carbocycles. The van der Waals surface area contributed by atoms with Gasteiger partial charge in [-0.15, -0.1) is 10.2 Å². The number of nitriles is 1. The maximum atomic E-state index is 13.2. The Bertz CT molecular complexity index is 887. The van der Waals surface area contributed by atoms with Gasteiger partial charge in [0.05, 0.1) is 6.07 Å². The molecule has 0 aliphatic rings. The Morgan fingerprint density at radius 2 is 2.04 bits per heavy atom. The molecule has 126 valence electrons. The Labute approximate surface area is 153 Å². The standard InChI is InChI=1S/C18H15FN4S2/c1-12-5-7-13(8-6-12)9-16(11-20)24-18-23-22-17(25-18)21-15-4-2-3-14(19)10-15/h2-8,10,16H,9H2,1H3,(H,21,22)/t16-/m1/s1. The average Bonchev–Trinajstić information content (AvgIpc) is 3.03. The predicted molar refractivity (Wildman–Crippen MR) is 99.7 cm³/mol. The fourth-order valence-corrected chi connectivity index (χ4v) is 4.11. The first-order valence-corrected chi connectivity index (χ1v) is 9.30. The van der Waals surface area contributed by atoms with Gasteiger partial charge in [-0.25, -0.2) is 4.39 Å². The zero-order valence-corrected chi connectivity index (χ0v) is 15.1. The molecule has 0 saturated heterocycles. The van der Waals surface area contributed by atoms with Crippen LogP contribution in [0.15, 0.2) is 52.9 Å². The molecule has 3 rings (SSSR count). The van der Waals surface area contributed by atoms with Gasteiger partial charge in [0.25, 0.3) is 0 Å². The smallest absolute Gasteiger partial charge is 0.210 e. The Kier molecular flexibility index (Phi) is 5.64. The first-order valence-electron chi connectivity index (χ1n) is 7.60. The van der Waals surface area contributed by atoms with Crippen molar-refractivity contribution in [3.05, 3.63) is 65.5 Å². The van der Waals surface area contributed by atoms with Crippen LogP contribution in [-0.4, -0.2) is 15.4 Å². The summed E-state index contributed by atoms with van der Waals surface area (Å²) in [5.74, 6) is -0.313. The Morgan fingerprint density at radius 3 is 2.76 bits per heavy atom. The summed E-state index contributed by atoms with van der Waals surface area (Å²) in [6.45, 7) is 2.04. The number of benzene rings is 2. The van der Waals surface area contributed by atoms with E-state index < -0.39 is 0 Å². The quantitative estimate of drug-likeness (QED) is 0.622. The summed E-state index contributed by atoms with van der Waals surface area (Å²) < 4.78 is 13.9. The third kappa shape index (κ3) is 5.02. The van der Waals surface area contributed by atoms with E-state index in [9.17, 15) is 9.65 Å². The van der Waals surface area contributed by atoms with Gasteiger partial charge in [0.1, 0.15) is 11.1 Å². The van der Waals surface area contributed by atoms with Gasteiger partial charge in [-0.1, -0.05) is 59.0 Å². The van der Waals surface area contributed by atoms with Crippen molar-refractivity contribution in [3.63, 3.8) is 0 Å². The van der Waals surface area contributed by atoms with Crippen molar-refractivity contribution in [2.45, 2.75) is 22.9 Å². The highest BCUT2D eigenvalue weighted by atomic mass is 32.2. The van der Waals surface area contributed by atoms with Crippen LogP contribution in [-0.2, 0) is 6.42 Å². The number of nitrogens with one attached hydrogen (secondary N) is 1. The third-order valence-electron chi connectivity index (χ3n) is 3.41. The SMILES string of the molecule is Cc1ccc(C[C@H](C#N)Sc2nnc(Nc3cccc(F)c3)s2)cc1. The minimum atomic E-state index is -0.313. The fraction of sp³-hybridized carbons (Fsp3) is 0.167. The number of hydrogen-bond acceptors (Lipinski definition) is 6. The third-order valence-corrected chi connectivity index (χ3v) is 5.42. The van der Waals surface area contributed by atoms with Gasteiger partial charge in [-0.3, -0.25) is 0 Å². The molecule has 1 N–H and O–H groups in total. The van der Waals surface area contributed by atoms with Crippen molar-refractivity contribution in [3.8, 4) is 6.07 Å². The normalized spacial score (nSPS) is 11.7. The molecule has 0 fully saturated rings. The second-order valence-electron chi connectivity index (χ2n) is 5.43. The molecule has 0 amide bonds. The molecule has 4 nitrogen and oxygen atoms in total. The largest absolute Gasteiger partial charge is 0.330 e. The predicted octanol–water partition coefficient (Wildman–Crippen LogP) is 4.96. The lowest BCUT2D eigenvalue weighted by Gasteiger charge is -2.06. The van der Waals surface area contributed by atoms with Crippen LogP contribution in [0.5, 0.6) is 0 Å². The van der Waals surface area contributed by atoms with E-state index in [0.29, 0.717) is 21.6 Å². The van der Waals surface area contributed by atoms with Crippen molar-refractivity contribution >= 4 is 33.9 Å². The molecule has 7 heteroatoms. The van der Waals surface area contributed by atoms with Crippen molar-refractivity contribution in [2.24, 2.45) is 0 Å². The summed E-state index contributed by atoms with van der Waals surface area (Å²) in [5, 5.41) is 20.9. The molecule has 0 unspecified atom stereocenters. The molecule has 1 atom stereocenters. The van der Waals surface area contributed by atoms with Crippen LogP contribution in [0.2, 0.25) is 0 Å². The van der Waals surface area contributed by atoms with Gasteiger partial charge >= 0.3 is 0 Å². The summed E-state index contributed by atoms with van der Waals surface area (Å²) in [4.78, 5) is 0. The number of rotatable bonds is 6. The van der Waals surface area contributed by atoms with Crippen LogP contribution in [0.4, 0.5) is 15.2 Å². The van der Waals surface area contributed by atoms with Gasteiger partial charge in [0.2, 0.25) is 5.13 Å². The minimum Gasteiger partial charge on any atom is -0.330 e. The molecule has 1 heterocycles. The Hall–Kier alpha value is -2.43. The summed E-state index contributed by atoms with van der Waals surface area (Å²) in [6.07, 6.45) is 0.647. The number of thioether (sulfide) groups is 1. The van der Waals surface area contributed by atoms with Crippen molar-refractivity contribution in [1.82, 2.24) is 10.2 Å². The van der Waals surface area contributed by atoms with E-state index in [4.69, 9.17) is 0 Å². The molecule has 0 spiro atoms. The minimum absolute atomic E-state index is 0.238. The zero-order valence-electron chi connectivity index (χ0n) is 13.4. The number of anilines is 2. The number of aromatic nitrogens is 2. The van der Waals surface area contributed by atoms with E-state index in [2.05, 4.69) is 21.6 Å². The van der Waals surface area contributed by atoms with E-state index in [1.165, 1.54) is 40.8 Å². The Balaban J connectivity index is 1.63. The molecule has 25 heavy (non-hydrogen) atoms. The van der Waals surface area contributed by atoms with Crippen LogP contribution in [0.25, 0.3) is 0 Å². The van der Waals surface area contributed by atoms with Crippen molar-refractivity contribution in [2.75, 3.05) is 5.32 Å². The van der Waals surface area contributed by atoms with Crippen LogP contribution in [0, 0.1) is 24.1 Å². The molecular formula is C18H15FN4S2. The summed E-state index contributed by atoms with van der Waals surface area (Å²) in [7, 11) is 0. The lowest BCUT2D eigenvalue weighted by molar-refractivity contribution is 0.628. The molecule has 0 saturated carbocycles. The molecule has 0 radical (unpaired) electrons. The van der Waals surface area contributed by atoms with Gasteiger partial charge in [-0.2, -0.15) is 5.26 Å². The molecular weight excluding hydrogens is 355 g/mol. The monoisotopic (exact) mass is 370 g/mol. The lowest BCUT2D eigenvalue weighted by Crippen LogP contribution is -2.03. The van der Waals surface area contributed by atoms with E-state index in [1.54, 1.807) is 12.1 Å². The topological polar surface area (TPSA) is 61.6 Å². The number of aryl methyl sites for hydroxylation is 1. The highest BCUT2D eigenvalue weighted by Gasteiger charge is 2.14. The first kappa shape index (κ1) is 17.4. The van der Waals surface area contributed by atoms with Gasteiger partial charge in [-0.05, 0) is 37.1 Å². The molecule has 0 bridgehead atoms. The summed E-state index contributed by atoms with van der Waals surface area (Å²) in [5.41, 5.74) is 2.93. The van der Waals surface area contributed by atoms with Gasteiger partial charge < -0.3 is 5.32 Å². The first-order chi connectivity index (χ1) is 12.1. The lowest BCUT2D eigenvalue weighted by atomic mass is 10.1. The van der Waals surface area contributed by atoms with Crippen molar-refractivity contribution in [1.29, 1.82) is 5.26 Å². The summed E-state index contributed by atoms with van der Waals surface area (Å²) in [6, 6.07) is 16.6. The highest BCUT2D eigenvalue weighted by molar-refractivity contribution is 8.01. The highest BCUT2D eigenvalue weighted by Crippen LogP contribution is 2.31. The molecule has 1 aromatic heterocycles. The second kappa shape index (κ2) is 8.10. The van der Waals surface area contributed by atoms with E-state index >= 15 is 0 Å². The molecule has 3 aromatic rings. The Morgan fingerprint density at radius 1 is 1.24 bits per heavy atom. The average molecular weight is 370 g/mol. The molecule has 0 aliphatic carbocycles. The van der Waals surface area contributed by atoms with Crippen LogP contribution < -0.4 is 5.32 Å². The number of halogens is 1. The van der Waals surface area contributed by atoms with Crippen LogP contribution in [0.3, 0.4) is 0 Å². The van der Waals surface area contributed by atoms with Crippen LogP contribution in [0.1, 0.15) is 11.1 Å². The maximum Gasteiger partial charge on any atom is 0.210 e. The maximum absolute atomic E-state index is 13.2. The number of nitrogens with zero attached hydrogens (tertiary/aromatic N) is 3. The zero-order chi connectivity index (χ0) is 17.6. The molecule has 0 aliphatic heterocycles. The van der Waals surface area contributed by atoms with Crippen LogP contribution >= 0.6 is 23.1 Å². The number of hydrogen-bond donors (Lipinski definition) is 1. The van der Waals surface area contributed by atoms with E-state index in [-0.39, 0.29) is 11.1 Å². The fourth-order valence-electron chi connectivity index (χ4n) is 2.17.